The fourth-order valence-electron chi connectivity index (χ4n) is 2.07. The first-order valence-corrected chi connectivity index (χ1v) is 6.48. The highest BCUT2D eigenvalue weighted by molar-refractivity contribution is 5.96. The number of aryl methyl sites for hydroxylation is 2. The zero-order valence-electron chi connectivity index (χ0n) is 12.7. The number of hydrogen-bond donors (Lipinski definition) is 1. The Balaban J connectivity index is 2.90. The Morgan fingerprint density at radius 2 is 1.90 bits per heavy atom. The number of amides is 1. The van der Waals surface area contributed by atoms with E-state index in [0.29, 0.717) is 17.8 Å². The first kappa shape index (κ1) is 16.0. The van der Waals surface area contributed by atoms with Gasteiger partial charge in [-0.1, -0.05) is 13.0 Å². The van der Waals surface area contributed by atoms with Crippen molar-refractivity contribution >= 4 is 17.6 Å². The Morgan fingerprint density at radius 3 is 2.45 bits per heavy atom. The summed E-state index contributed by atoms with van der Waals surface area (Å²) in [5, 5.41) is 0. The third-order valence-electron chi connectivity index (χ3n) is 3.34. The summed E-state index contributed by atoms with van der Waals surface area (Å²) in [6, 6.07) is 3.58. The van der Waals surface area contributed by atoms with Gasteiger partial charge in [-0.2, -0.15) is 0 Å². The molecular weight excluding hydrogens is 256 g/mol. The number of nitrogens with zero attached hydrogens (tertiary/aromatic N) is 1. The molecule has 20 heavy (non-hydrogen) atoms. The van der Waals surface area contributed by atoms with Crippen molar-refractivity contribution in [2.45, 2.75) is 20.8 Å². The molecule has 1 aromatic carbocycles. The van der Waals surface area contributed by atoms with Crippen molar-refractivity contribution in [3.05, 3.63) is 28.8 Å². The average molecular weight is 278 g/mol. The maximum atomic E-state index is 12.4. The Labute approximate surface area is 119 Å². The third kappa shape index (κ3) is 3.50. The molecule has 1 atom stereocenters. The minimum Gasteiger partial charge on any atom is -0.469 e. The smallest absolute Gasteiger partial charge is 0.310 e. The van der Waals surface area contributed by atoms with Gasteiger partial charge in [0, 0.05) is 24.8 Å². The second-order valence-electron chi connectivity index (χ2n) is 5.13. The molecule has 0 saturated carbocycles. The van der Waals surface area contributed by atoms with Crippen LogP contribution in [0.5, 0.6) is 0 Å². The van der Waals surface area contributed by atoms with Crippen molar-refractivity contribution in [2.75, 3.05) is 26.4 Å². The number of nitrogen functional groups attached to an aromatic ring is 1. The van der Waals surface area contributed by atoms with Crippen LogP contribution in [0, 0.1) is 19.8 Å². The van der Waals surface area contributed by atoms with Gasteiger partial charge in [0.05, 0.1) is 13.0 Å². The lowest BCUT2D eigenvalue weighted by Crippen LogP contribution is -2.34. The van der Waals surface area contributed by atoms with E-state index >= 15 is 0 Å². The topological polar surface area (TPSA) is 72.6 Å². The summed E-state index contributed by atoms with van der Waals surface area (Å²) in [5.41, 5.74) is 8.83. The molecule has 0 radical (unpaired) electrons. The van der Waals surface area contributed by atoms with Crippen LogP contribution in [0.4, 0.5) is 5.69 Å². The highest BCUT2D eigenvalue weighted by Crippen LogP contribution is 2.19. The van der Waals surface area contributed by atoms with Crippen molar-refractivity contribution in [1.82, 2.24) is 4.90 Å². The molecule has 1 rings (SSSR count). The molecule has 0 heterocycles. The maximum absolute atomic E-state index is 12.4. The molecule has 5 nitrogen and oxygen atoms in total. The van der Waals surface area contributed by atoms with Crippen LogP contribution in [0.25, 0.3) is 0 Å². The molecule has 110 valence electrons. The lowest BCUT2D eigenvalue weighted by Gasteiger charge is -2.21. The van der Waals surface area contributed by atoms with E-state index in [4.69, 9.17) is 5.73 Å². The van der Waals surface area contributed by atoms with Crippen LogP contribution in [-0.4, -0.2) is 37.5 Å². The molecule has 0 aromatic heterocycles. The summed E-state index contributed by atoms with van der Waals surface area (Å²) < 4.78 is 4.66. The van der Waals surface area contributed by atoms with Gasteiger partial charge in [0.25, 0.3) is 5.91 Å². The van der Waals surface area contributed by atoms with Gasteiger partial charge >= 0.3 is 5.97 Å². The number of methoxy groups -OCH3 is 1. The minimum absolute atomic E-state index is 0.148. The molecule has 1 aromatic rings. The van der Waals surface area contributed by atoms with Gasteiger partial charge < -0.3 is 15.4 Å². The molecule has 0 bridgehead atoms. The minimum atomic E-state index is -0.364. The number of hydrogen-bond acceptors (Lipinski definition) is 4. The van der Waals surface area contributed by atoms with Gasteiger partial charge in [0.2, 0.25) is 0 Å². The van der Waals surface area contributed by atoms with Gasteiger partial charge in [-0.15, -0.1) is 0 Å². The molecule has 0 spiro atoms. The predicted octanol–water partition coefficient (Wildman–Crippen LogP) is 1.77. The van der Waals surface area contributed by atoms with E-state index in [0.717, 1.165) is 11.1 Å². The molecule has 0 saturated heterocycles. The number of ether oxygens (including phenoxy) is 1. The Morgan fingerprint density at radius 1 is 1.30 bits per heavy atom. The number of carbonyl (C=O) groups is 2. The summed E-state index contributed by atoms with van der Waals surface area (Å²) in [6.07, 6.45) is 0. The van der Waals surface area contributed by atoms with Gasteiger partial charge in [-0.05, 0) is 31.0 Å². The summed E-state index contributed by atoms with van der Waals surface area (Å²) in [7, 11) is 3.00. The predicted molar refractivity (Wildman–Crippen MR) is 78.5 cm³/mol. The van der Waals surface area contributed by atoms with E-state index < -0.39 is 0 Å². The second-order valence-corrected chi connectivity index (χ2v) is 5.13. The monoisotopic (exact) mass is 278 g/mol. The number of anilines is 1. The van der Waals surface area contributed by atoms with Gasteiger partial charge in [0.1, 0.15) is 0 Å². The highest BCUT2D eigenvalue weighted by Gasteiger charge is 2.21. The van der Waals surface area contributed by atoms with Crippen molar-refractivity contribution in [3.8, 4) is 0 Å². The molecule has 0 aliphatic carbocycles. The number of benzene rings is 1. The van der Waals surface area contributed by atoms with E-state index in [1.54, 1.807) is 20.0 Å². The maximum Gasteiger partial charge on any atom is 0.310 e. The van der Waals surface area contributed by atoms with Crippen molar-refractivity contribution in [3.63, 3.8) is 0 Å². The van der Waals surface area contributed by atoms with Crippen LogP contribution in [-0.2, 0) is 9.53 Å². The average Bonchev–Trinajstić information content (AvgIpc) is 2.40. The number of nitrogens with two attached hydrogens (primary N) is 1. The summed E-state index contributed by atoms with van der Waals surface area (Å²) in [6.45, 7) is 5.81. The Kier molecular flexibility index (Phi) is 5.13. The first-order valence-electron chi connectivity index (χ1n) is 6.48. The standard InChI is InChI=1S/C15H22N2O3/c1-9-6-10(2)13(16)7-12(9)14(18)17(4)8-11(3)15(19)20-5/h6-7,11H,8,16H2,1-5H3. The fraction of sp³-hybridized carbons (Fsp3) is 0.467. The normalized spacial score (nSPS) is 11.8. The largest absolute Gasteiger partial charge is 0.469 e. The summed E-state index contributed by atoms with van der Waals surface area (Å²) in [5.74, 6) is -0.841. The number of esters is 1. The highest BCUT2D eigenvalue weighted by atomic mass is 16.5. The van der Waals surface area contributed by atoms with Crippen molar-refractivity contribution in [1.29, 1.82) is 0 Å². The van der Waals surface area contributed by atoms with Crippen molar-refractivity contribution < 1.29 is 14.3 Å². The van der Waals surface area contributed by atoms with Crippen molar-refractivity contribution in [2.24, 2.45) is 5.92 Å². The molecule has 0 aliphatic heterocycles. The van der Waals surface area contributed by atoms with E-state index in [1.807, 2.05) is 19.9 Å². The van der Waals surface area contributed by atoms with Crippen LogP contribution < -0.4 is 5.73 Å². The quantitative estimate of drug-likeness (QED) is 0.673. The third-order valence-corrected chi connectivity index (χ3v) is 3.34. The second kappa shape index (κ2) is 6.41. The van der Waals surface area contributed by atoms with E-state index in [1.165, 1.54) is 12.0 Å². The Hall–Kier alpha value is -2.04. The van der Waals surface area contributed by atoms with E-state index in [9.17, 15) is 9.59 Å². The summed E-state index contributed by atoms with van der Waals surface area (Å²) >= 11 is 0. The fourth-order valence-corrected chi connectivity index (χ4v) is 2.07. The molecule has 5 heteroatoms. The Bertz CT molecular complexity index is 526. The van der Waals surface area contributed by atoms with Crippen LogP contribution in [0.3, 0.4) is 0 Å². The van der Waals surface area contributed by atoms with E-state index in [2.05, 4.69) is 4.74 Å². The molecular formula is C15H22N2O3. The lowest BCUT2D eigenvalue weighted by atomic mass is 10.0. The van der Waals surface area contributed by atoms with Gasteiger partial charge in [0.15, 0.2) is 0 Å². The van der Waals surface area contributed by atoms with Gasteiger partial charge in [-0.25, -0.2) is 0 Å². The van der Waals surface area contributed by atoms with Crippen LogP contribution >= 0.6 is 0 Å². The SMILES string of the molecule is COC(=O)C(C)CN(C)C(=O)c1cc(N)c(C)cc1C. The van der Waals surface area contributed by atoms with Crippen LogP contribution in [0.1, 0.15) is 28.4 Å². The molecule has 1 amide bonds. The molecule has 1 unspecified atom stereocenters. The van der Waals surface area contributed by atoms with E-state index in [-0.39, 0.29) is 17.8 Å². The molecule has 0 aliphatic rings. The zero-order valence-corrected chi connectivity index (χ0v) is 12.7. The number of carbonyl (C=O) groups excluding carboxylic acids is 2. The molecule has 2 N–H and O–H groups in total. The number of rotatable bonds is 4. The van der Waals surface area contributed by atoms with Gasteiger partial charge in [-0.3, -0.25) is 9.59 Å². The lowest BCUT2D eigenvalue weighted by molar-refractivity contribution is -0.145. The van der Waals surface area contributed by atoms with Crippen LogP contribution in [0.15, 0.2) is 12.1 Å². The van der Waals surface area contributed by atoms with Crippen LogP contribution in [0.2, 0.25) is 0 Å². The first-order chi connectivity index (χ1) is 9.27. The molecule has 0 fully saturated rings. The zero-order chi connectivity index (χ0) is 15.4. The summed E-state index contributed by atoms with van der Waals surface area (Å²) in [4.78, 5) is 25.3.